The van der Waals surface area contributed by atoms with Gasteiger partial charge in [-0.05, 0) is 35.9 Å². The Morgan fingerprint density at radius 2 is 2.05 bits per heavy atom. The molecule has 0 fully saturated rings. The fourth-order valence-corrected chi connectivity index (χ4v) is 2.60. The van der Waals surface area contributed by atoms with Crippen molar-refractivity contribution in [2.75, 3.05) is 11.9 Å². The van der Waals surface area contributed by atoms with Gasteiger partial charge in [-0.15, -0.1) is 0 Å². The summed E-state index contributed by atoms with van der Waals surface area (Å²) in [6.45, 7) is 0.692. The first-order valence-corrected chi connectivity index (χ1v) is 7.24. The van der Waals surface area contributed by atoms with Crippen LogP contribution >= 0.6 is 27.5 Å². The number of benzene rings is 2. The first-order chi connectivity index (χ1) is 9.47. The molecule has 104 valence electrons. The maximum Gasteiger partial charge on any atom is 0.124 e. The molecule has 0 unspecified atom stereocenters. The predicted octanol–water partition coefficient (Wildman–Crippen LogP) is 4.02. The molecule has 20 heavy (non-hydrogen) atoms. The van der Waals surface area contributed by atoms with Crippen molar-refractivity contribution in [3.05, 3.63) is 63.1 Å². The maximum absolute atomic E-state index is 7.67. The minimum Gasteiger partial charge on any atom is -0.384 e. The maximum atomic E-state index is 7.67. The Kier molecular flexibility index (Phi) is 4.68. The Morgan fingerprint density at radius 3 is 2.70 bits per heavy atom. The normalized spacial score (nSPS) is 10.3. The van der Waals surface area contributed by atoms with Crippen molar-refractivity contribution in [2.45, 2.75) is 6.54 Å². The van der Waals surface area contributed by atoms with Gasteiger partial charge in [0, 0.05) is 34.3 Å². The molecule has 2 aromatic rings. The van der Waals surface area contributed by atoms with Crippen LogP contribution < -0.4 is 10.6 Å². The highest BCUT2D eigenvalue weighted by Gasteiger charge is 2.11. The van der Waals surface area contributed by atoms with E-state index in [9.17, 15) is 0 Å². The second kappa shape index (κ2) is 6.29. The number of nitrogen functional groups attached to an aromatic ring is 1. The first kappa shape index (κ1) is 14.9. The monoisotopic (exact) mass is 351 g/mol. The highest BCUT2D eigenvalue weighted by atomic mass is 79.9. The van der Waals surface area contributed by atoms with E-state index >= 15 is 0 Å². The number of nitrogens with one attached hydrogen (secondary N) is 1. The molecule has 0 saturated heterocycles. The van der Waals surface area contributed by atoms with Crippen LogP contribution in [-0.2, 0) is 6.54 Å². The third-order valence-electron chi connectivity index (χ3n) is 2.97. The highest BCUT2D eigenvalue weighted by molar-refractivity contribution is 9.10. The molecule has 2 aromatic carbocycles. The molecular weight excluding hydrogens is 338 g/mol. The first-order valence-electron chi connectivity index (χ1n) is 6.07. The number of anilines is 1. The summed E-state index contributed by atoms with van der Waals surface area (Å²) in [6.07, 6.45) is 0. The van der Waals surface area contributed by atoms with Gasteiger partial charge in [-0.3, -0.25) is 5.41 Å². The van der Waals surface area contributed by atoms with Crippen LogP contribution in [0.3, 0.4) is 0 Å². The van der Waals surface area contributed by atoms with Crippen LogP contribution in [0.1, 0.15) is 11.1 Å². The van der Waals surface area contributed by atoms with Crippen molar-refractivity contribution >= 4 is 39.1 Å². The van der Waals surface area contributed by atoms with E-state index in [1.807, 2.05) is 54.4 Å². The van der Waals surface area contributed by atoms with Gasteiger partial charge in [0.2, 0.25) is 0 Å². The zero-order valence-electron chi connectivity index (χ0n) is 11.0. The largest absolute Gasteiger partial charge is 0.384 e. The summed E-state index contributed by atoms with van der Waals surface area (Å²) in [5.41, 5.74) is 8.38. The molecule has 3 N–H and O–H groups in total. The van der Waals surface area contributed by atoms with Crippen molar-refractivity contribution in [1.82, 2.24) is 0 Å². The number of rotatable bonds is 4. The smallest absolute Gasteiger partial charge is 0.124 e. The van der Waals surface area contributed by atoms with Crippen LogP contribution in [0, 0.1) is 5.41 Å². The molecule has 0 amide bonds. The van der Waals surface area contributed by atoms with Crippen LogP contribution in [0.4, 0.5) is 5.69 Å². The topological polar surface area (TPSA) is 53.1 Å². The summed E-state index contributed by atoms with van der Waals surface area (Å²) in [5.74, 6) is 0.0606. The summed E-state index contributed by atoms with van der Waals surface area (Å²) in [7, 11) is 1.97. The molecule has 0 aliphatic carbocycles. The summed E-state index contributed by atoms with van der Waals surface area (Å²) >= 11 is 9.45. The number of halogens is 2. The van der Waals surface area contributed by atoms with Crippen LogP contribution in [0.2, 0.25) is 5.02 Å². The van der Waals surface area contributed by atoms with E-state index in [0.29, 0.717) is 6.54 Å². The third kappa shape index (κ3) is 3.52. The number of hydrogen-bond donors (Lipinski definition) is 2. The molecule has 5 heteroatoms. The van der Waals surface area contributed by atoms with Crippen molar-refractivity contribution in [2.24, 2.45) is 5.73 Å². The molecule has 0 atom stereocenters. The molecule has 0 spiro atoms. The molecule has 0 radical (unpaired) electrons. The molecule has 3 nitrogen and oxygen atoms in total. The minimum atomic E-state index is 0.0606. The van der Waals surface area contributed by atoms with Crippen LogP contribution in [0.5, 0.6) is 0 Å². The van der Waals surface area contributed by atoms with E-state index in [-0.39, 0.29) is 5.84 Å². The molecular formula is C15H15BrClN3. The lowest BCUT2D eigenvalue weighted by molar-refractivity contribution is 0.920. The molecule has 0 aliphatic rings. The van der Waals surface area contributed by atoms with Gasteiger partial charge in [-0.2, -0.15) is 0 Å². The van der Waals surface area contributed by atoms with Gasteiger partial charge >= 0.3 is 0 Å². The summed E-state index contributed by atoms with van der Waals surface area (Å²) in [5, 5.41) is 8.39. The Morgan fingerprint density at radius 1 is 1.30 bits per heavy atom. The lowest BCUT2D eigenvalue weighted by Crippen LogP contribution is -2.22. The Balaban J connectivity index is 2.31. The third-order valence-corrected chi connectivity index (χ3v) is 3.70. The number of amidine groups is 1. The zero-order valence-corrected chi connectivity index (χ0v) is 13.4. The standard InChI is InChI=1S/C15H15BrClN3/c1-20(9-10-3-2-4-12(17)7-10)14-8-11(16)5-6-13(14)15(18)19/h2-8H,9H2,1H3,(H3,18,19). The van der Waals surface area contributed by atoms with Crippen LogP contribution in [-0.4, -0.2) is 12.9 Å². The fourth-order valence-electron chi connectivity index (χ4n) is 2.04. The van der Waals surface area contributed by atoms with Crippen LogP contribution in [0.25, 0.3) is 0 Å². The predicted molar refractivity (Wildman–Crippen MR) is 88.7 cm³/mol. The zero-order chi connectivity index (χ0) is 14.7. The van der Waals surface area contributed by atoms with Gasteiger partial charge in [-0.1, -0.05) is 39.7 Å². The number of nitrogens with two attached hydrogens (primary N) is 1. The quantitative estimate of drug-likeness (QED) is 0.645. The van der Waals surface area contributed by atoms with Crippen molar-refractivity contribution in [3.8, 4) is 0 Å². The fraction of sp³-hybridized carbons (Fsp3) is 0.133. The molecule has 0 heterocycles. The van der Waals surface area contributed by atoms with E-state index in [1.165, 1.54) is 0 Å². The van der Waals surface area contributed by atoms with Crippen molar-refractivity contribution < 1.29 is 0 Å². The van der Waals surface area contributed by atoms with Gasteiger partial charge in [-0.25, -0.2) is 0 Å². The van der Waals surface area contributed by atoms with Gasteiger partial charge in [0.25, 0.3) is 0 Å². The van der Waals surface area contributed by atoms with Crippen molar-refractivity contribution in [1.29, 1.82) is 5.41 Å². The molecule has 0 bridgehead atoms. The van der Waals surface area contributed by atoms with Crippen molar-refractivity contribution in [3.63, 3.8) is 0 Å². The molecule has 0 aromatic heterocycles. The van der Waals surface area contributed by atoms with Gasteiger partial charge in [0.15, 0.2) is 0 Å². The van der Waals surface area contributed by atoms with E-state index in [2.05, 4.69) is 15.9 Å². The SMILES string of the molecule is CN(Cc1cccc(Cl)c1)c1cc(Br)ccc1C(=N)N. The van der Waals surface area contributed by atoms with E-state index in [1.54, 1.807) is 0 Å². The molecule has 2 rings (SSSR count). The summed E-state index contributed by atoms with van der Waals surface area (Å²) < 4.78 is 0.954. The average molecular weight is 353 g/mol. The minimum absolute atomic E-state index is 0.0606. The van der Waals surface area contributed by atoms with Gasteiger partial charge < -0.3 is 10.6 Å². The number of hydrogen-bond acceptors (Lipinski definition) is 2. The Hall–Kier alpha value is -1.52. The molecule has 0 saturated carbocycles. The lowest BCUT2D eigenvalue weighted by Gasteiger charge is -2.22. The summed E-state index contributed by atoms with van der Waals surface area (Å²) in [4.78, 5) is 2.05. The van der Waals surface area contributed by atoms with E-state index in [0.717, 1.165) is 26.3 Å². The average Bonchev–Trinajstić information content (AvgIpc) is 2.38. The Bertz CT molecular complexity index is 643. The van der Waals surface area contributed by atoms with Gasteiger partial charge in [0.05, 0.1) is 0 Å². The van der Waals surface area contributed by atoms with Gasteiger partial charge in [0.1, 0.15) is 5.84 Å². The van der Waals surface area contributed by atoms with E-state index in [4.69, 9.17) is 22.7 Å². The lowest BCUT2D eigenvalue weighted by atomic mass is 10.1. The summed E-state index contributed by atoms with van der Waals surface area (Å²) in [6, 6.07) is 13.4. The molecule has 0 aliphatic heterocycles. The Labute approximate surface area is 132 Å². The highest BCUT2D eigenvalue weighted by Crippen LogP contribution is 2.25. The second-order valence-corrected chi connectivity index (χ2v) is 5.91. The number of nitrogens with zero attached hydrogens (tertiary/aromatic N) is 1. The van der Waals surface area contributed by atoms with Crippen LogP contribution in [0.15, 0.2) is 46.9 Å². The van der Waals surface area contributed by atoms with E-state index < -0.39 is 0 Å². The second-order valence-electron chi connectivity index (χ2n) is 4.56.